The largest absolute Gasteiger partial charge is 0.499 e. The van der Waals surface area contributed by atoms with Crippen LogP contribution in [0.2, 0.25) is 0 Å². The average molecular weight is 380 g/mol. The predicted octanol–water partition coefficient (Wildman–Crippen LogP) is 3.29. The lowest BCUT2D eigenvalue weighted by Crippen LogP contribution is -2.57. The first-order valence-corrected chi connectivity index (χ1v) is 10.6. The number of piperidine rings is 2. The van der Waals surface area contributed by atoms with Crippen molar-refractivity contribution in [3.63, 3.8) is 0 Å². The van der Waals surface area contributed by atoms with Gasteiger partial charge in [0.25, 0.3) is 0 Å². The predicted molar refractivity (Wildman–Crippen MR) is 106 cm³/mol. The van der Waals surface area contributed by atoms with Crippen molar-refractivity contribution in [1.82, 2.24) is 16.0 Å². The van der Waals surface area contributed by atoms with Gasteiger partial charge in [-0.3, -0.25) is 5.32 Å². The summed E-state index contributed by atoms with van der Waals surface area (Å²) in [6.07, 6.45) is 8.71. The van der Waals surface area contributed by atoms with Crippen LogP contribution in [0.5, 0.6) is 0 Å². The maximum atomic E-state index is 11.9. The molecule has 0 radical (unpaired) electrons. The number of rotatable bonds is 4. The highest BCUT2D eigenvalue weighted by Gasteiger charge is 2.37. The van der Waals surface area contributed by atoms with E-state index in [4.69, 9.17) is 9.47 Å². The maximum absolute atomic E-state index is 11.9. The second kappa shape index (κ2) is 8.82. The molecule has 0 saturated carbocycles. The van der Waals surface area contributed by atoms with Crippen molar-refractivity contribution in [2.24, 2.45) is 11.8 Å². The summed E-state index contributed by atoms with van der Waals surface area (Å²) in [5.74, 6) is 2.53. The molecular weight excluding hydrogens is 342 g/mol. The van der Waals surface area contributed by atoms with E-state index in [0.717, 1.165) is 38.8 Å². The van der Waals surface area contributed by atoms with E-state index in [-0.39, 0.29) is 12.3 Å². The Morgan fingerprint density at radius 2 is 1.96 bits per heavy atom. The molecule has 2 heterocycles. The molecule has 3 aliphatic rings. The number of fused-ring (bicyclic) bond motifs is 1. The molecule has 5 atom stereocenters. The van der Waals surface area contributed by atoms with Gasteiger partial charge in [-0.05, 0) is 77.7 Å². The van der Waals surface area contributed by atoms with Gasteiger partial charge in [-0.25, -0.2) is 4.79 Å². The molecule has 6 nitrogen and oxygen atoms in total. The lowest BCUT2D eigenvalue weighted by Gasteiger charge is -2.44. The van der Waals surface area contributed by atoms with Gasteiger partial charge in [0, 0.05) is 25.0 Å². The number of hydrogen-bond donors (Lipinski definition) is 3. The quantitative estimate of drug-likeness (QED) is 0.699. The van der Waals surface area contributed by atoms with E-state index in [9.17, 15) is 4.79 Å². The van der Waals surface area contributed by atoms with Crippen LogP contribution in [0.15, 0.2) is 11.8 Å². The van der Waals surface area contributed by atoms with E-state index in [1.165, 1.54) is 18.6 Å². The highest BCUT2D eigenvalue weighted by atomic mass is 16.6. The van der Waals surface area contributed by atoms with E-state index in [1.807, 2.05) is 20.8 Å². The van der Waals surface area contributed by atoms with E-state index >= 15 is 0 Å². The molecule has 2 saturated heterocycles. The molecule has 27 heavy (non-hydrogen) atoms. The summed E-state index contributed by atoms with van der Waals surface area (Å²) in [6.45, 7) is 9.42. The van der Waals surface area contributed by atoms with E-state index in [1.54, 1.807) is 0 Å². The molecule has 3 rings (SSSR count). The summed E-state index contributed by atoms with van der Waals surface area (Å²) in [4.78, 5) is 11.9. The van der Waals surface area contributed by atoms with Gasteiger partial charge in [-0.15, -0.1) is 0 Å². The molecular formula is C21H37N3O3. The molecule has 1 aliphatic carbocycles. The Bertz CT molecular complexity index is 535. The fourth-order valence-electron chi connectivity index (χ4n) is 4.66. The summed E-state index contributed by atoms with van der Waals surface area (Å²) in [7, 11) is 0. The standard InChI is InChI=1S/C21H37N3O3/c1-5-26-16-8-10-17-14(12-16)6-9-18(23-17)15-7-11-19(22-13-15)24-20(25)27-21(2,3)4/h8,14-15,17-19,22-23H,5-7,9-13H2,1-4H3,(H,24,25). The average Bonchev–Trinajstić information content (AvgIpc) is 2.60. The van der Waals surface area contributed by atoms with Gasteiger partial charge in [-0.2, -0.15) is 0 Å². The SMILES string of the molecule is CCOC1=CCC2NC(C3CCC(NC(=O)OC(C)(C)C)NC3)CCC2C1. The Kier molecular flexibility index (Phi) is 6.69. The molecule has 2 aliphatic heterocycles. The minimum Gasteiger partial charge on any atom is -0.499 e. The van der Waals surface area contributed by atoms with Gasteiger partial charge in [0.2, 0.25) is 0 Å². The Labute approximate surface area is 163 Å². The summed E-state index contributed by atoms with van der Waals surface area (Å²) in [6, 6.07) is 1.16. The first kappa shape index (κ1) is 20.5. The van der Waals surface area contributed by atoms with Gasteiger partial charge < -0.3 is 20.1 Å². The Morgan fingerprint density at radius 1 is 1.19 bits per heavy atom. The molecule has 2 fully saturated rings. The third-order valence-electron chi connectivity index (χ3n) is 5.95. The Hall–Kier alpha value is -1.27. The zero-order valence-corrected chi connectivity index (χ0v) is 17.3. The zero-order chi connectivity index (χ0) is 19.4. The minimum atomic E-state index is -0.458. The van der Waals surface area contributed by atoms with Gasteiger partial charge in [0.1, 0.15) is 5.60 Å². The smallest absolute Gasteiger partial charge is 0.408 e. The van der Waals surface area contributed by atoms with Crippen LogP contribution < -0.4 is 16.0 Å². The topological polar surface area (TPSA) is 71.6 Å². The number of carbonyl (C=O) groups is 1. The highest BCUT2D eigenvalue weighted by molar-refractivity contribution is 5.68. The van der Waals surface area contributed by atoms with Crippen LogP contribution in [0.25, 0.3) is 0 Å². The van der Waals surface area contributed by atoms with Crippen LogP contribution >= 0.6 is 0 Å². The summed E-state index contributed by atoms with van der Waals surface area (Å²) in [5, 5.41) is 10.4. The molecule has 0 aromatic heterocycles. The third kappa shape index (κ3) is 5.85. The number of carbonyl (C=O) groups excluding carboxylic acids is 1. The van der Waals surface area contributed by atoms with Crippen LogP contribution in [0.3, 0.4) is 0 Å². The number of allylic oxidation sites excluding steroid dienone is 1. The van der Waals surface area contributed by atoms with Crippen molar-refractivity contribution in [2.45, 2.75) is 90.1 Å². The molecule has 0 aromatic rings. The van der Waals surface area contributed by atoms with Crippen LogP contribution in [-0.2, 0) is 9.47 Å². The summed E-state index contributed by atoms with van der Waals surface area (Å²) in [5.41, 5.74) is -0.458. The summed E-state index contributed by atoms with van der Waals surface area (Å²) < 4.78 is 11.1. The van der Waals surface area contributed by atoms with Crippen LogP contribution in [0.1, 0.15) is 66.2 Å². The number of amides is 1. The Balaban J connectivity index is 1.42. The van der Waals surface area contributed by atoms with Crippen molar-refractivity contribution in [1.29, 1.82) is 0 Å². The summed E-state index contributed by atoms with van der Waals surface area (Å²) >= 11 is 0. The fourth-order valence-corrected chi connectivity index (χ4v) is 4.66. The van der Waals surface area contributed by atoms with Crippen molar-refractivity contribution in [3.8, 4) is 0 Å². The van der Waals surface area contributed by atoms with Crippen LogP contribution in [-0.4, -0.2) is 43.1 Å². The monoisotopic (exact) mass is 379 g/mol. The molecule has 1 amide bonds. The van der Waals surface area contributed by atoms with Gasteiger partial charge >= 0.3 is 6.09 Å². The molecule has 5 unspecified atom stereocenters. The number of alkyl carbamates (subject to hydrolysis) is 1. The van der Waals surface area contributed by atoms with Crippen LogP contribution in [0.4, 0.5) is 4.79 Å². The molecule has 0 aromatic carbocycles. The van der Waals surface area contributed by atoms with Gasteiger partial charge in [0.05, 0.1) is 18.5 Å². The Morgan fingerprint density at radius 3 is 2.63 bits per heavy atom. The third-order valence-corrected chi connectivity index (χ3v) is 5.95. The van der Waals surface area contributed by atoms with Crippen LogP contribution in [0, 0.1) is 11.8 Å². The van der Waals surface area contributed by atoms with Crippen molar-refractivity contribution in [3.05, 3.63) is 11.8 Å². The van der Waals surface area contributed by atoms with Crippen molar-refractivity contribution < 1.29 is 14.3 Å². The van der Waals surface area contributed by atoms with E-state index in [2.05, 4.69) is 29.0 Å². The second-order valence-corrected chi connectivity index (χ2v) is 9.20. The first-order chi connectivity index (χ1) is 12.8. The molecule has 154 valence electrons. The van der Waals surface area contributed by atoms with Crippen molar-refractivity contribution in [2.75, 3.05) is 13.2 Å². The van der Waals surface area contributed by atoms with E-state index in [0.29, 0.717) is 23.9 Å². The maximum Gasteiger partial charge on any atom is 0.408 e. The number of hydrogen-bond acceptors (Lipinski definition) is 5. The highest BCUT2D eigenvalue weighted by Crippen LogP contribution is 2.35. The fraction of sp³-hybridized carbons (Fsp3) is 0.857. The van der Waals surface area contributed by atoms with Crippen molar-refractivity contribution >= 4 is 6.09 Å². The number of nitrogens with one attached hydrogen (secondary N) is 3. The zero-order valence-electron chi connectivity index (χ0n) is 17.3. The van der Waals surface area contributed by atoms with Gasteiger partial charge in [-0.1, -0.05) is 0 Å². The molecule has 6 heteroatoms. The lowest BCUT2D eigenvalue weighted by molar-refractivity contribution is 0.0469. The lowest BCUT2D eigenvalue weighted by atomic mass is 9.76. The van der Waals surface area contributed by atoms with Gasteiger partial charge in [0.15, 0.2) is 0 Å². The second-order valence-electron chi connectivity index (χ2n) is 9.20. The normalized spacial score (nSPS) is 34.2. The number of ether oxygens (including phenoxy) is 2. The first-order valence-electron chi connectivity index (χ1n) is 10.6. The molecule has 0 bridgehead atoms. The molecule has 3 N–H and O–H groups in total. The minimum absolute atomic E-state index is 0.0128. The van der Waals surface area contributed by atoms with E-state index < -0.39 is 5.60 Å². The molecule has 0 spiro atoms.